The van der Waals surface area contributed by atoms with Crippen LogP contribution in [0.15, 0.2) is 0 Å². The highest BCUT2D eigenvalue weighted by Crippen LogP contribution is 2.21. The van der Waals surface area contributed by atoms with Gasteiger partial charge in [0.25, 0.3) is 0 Å². The van der Waals surface area contributed by atoms with Crippen molar-refractivity contribution in [1.29, 1.82) is 0 Å². The minimum Gasteiger partial charge on any atom is -0.465 e. The summed E-state index contributed by atoms with van der Waals surface area (Å²) in [7, 11) is 0. The van der Waals surface area contributed by atoms with Crippen LogP contribution in [0.5, 0.6) is 0 Å². The molecule has 1 rings (SSSR count). The molecule has 52 valence electrons. The Hall–Kier alpha value is -0.0300. The fourth-order valence-corrected chi connectivity index (χ4v) is 2.53. The zero-order valence-electron chi connectivity index (χ0n) is 4.74. The van der Waals surface area contributed by atoms with Gasteiger partial charge in [-0.1, -0.05) is 0 Å². The van der Waals surface area contributed by atoms with Crippen molar-refractivity contribution in [2.45, 2.75) is 0 Å². The molecule has 9 heavy (non-hydrogen) atoms. The van der Waals surface area contributed by atoms with E-state index in [4.69, 9.17) is 5.11 Å². The molecule has 0 saturated carbocycles. The van der Waals surface area contributed by atoms with E-state index in [1.54, 1.807) is 23.5 Å². The lowest BCUT2D eigenvalue weighted by Gasteiger charge is -2.22. The topological polar surface area (TPSA) is 40.5 Å². The van der Waals surface area contributed by atoms with Crippen molar-refractivity contribution in [2.75, 3.05) is 16.8 Å². The Labute approximate surface area is 61.8 Å². The summed E-state index contributed by atoms with van der Waals surface area (Å²) >= 11 is 3.28. The van der Waals surface area contributed by atoms with E-state index >= 15 is 0 Å². The molecule has 1 heterocycles. The molecule has 0 aromatic heterocycles. The third kappa shape index (κ3) is 1.98. The zero-order valence-corrected chi connectivity index (χ0v) is 6.37. The monoisotopic (exact) mass is 165 g/mol. The van der Waals surface area contributed by atoms with E-state index in [1.807, 2.05) is 0 Å². The molecule has 3 nitrogen and oxygen atoms in total. The SMILES string of the molecule is O=C(O)N1CSCSC1. The van der Waals surface area contributed by atoms with Crippen LogP contribution in [0.1, 0.15) is 0 Å². The van der Waals surface area contributed by atoms with Gasteiger partial charge in [-0.2, -0.15) is 0 Å². The molecule has 0 atom stereocenters. The number of carboxylic acid groups (broad SMARTS) is 1. The summed E-state index contributed by atoms with van der Waals surface area (Å²) in [5.74, 6) is 1.25. The molecule has 0 aromatic carbocycles. The number of amides is 1. The van der Waals surface area contributed by atoms with Crippen molar-refractivity contribution in [1.82, 2.24) is 4.90 Å². The van der Waals surface area contributed by atoms with Gasteiger partial charge in [0, 0.05) is 5.08 Å². The quantitative estimate of drug-likeness (QED) is 0.587. The lowest BCUT2D eigenvalue weighted by molar-refractivity contribution is 0.161. The normalized spacial score (nSPS) is 19.8. The summed E-state index contributed by atoms with van der Waals surface area (Å²) in [6.07, 6.45) is -0.810. The average molecular weight is 165 g/mol. The molecular formula is C4H7NO2S2. The second-order valence-corrected chi connectivity index (χ2v) is 3.88. The van der Waals surface area contributed by atoms with Crippen molar-refractivity contribution < 1.29 is 9.90 Å². The minimum absolute atomic E-state index is 0.627. The molecular weight excluding hydrogens is 158 g/mol. The van der Waals surface area contributed by atoms with E-state index < -0.39 is 6.09 Å². The number of hydrogen-bond acceptors (Lipinski definition) is 3. The maximum atomic E-state index is 10.3. The van der Waals surface area contributed by atoms with Crippen LogP contribution >= 0.6 is 23.5 Å². The maximum absolute atomic E-state index is 10.3. The number of carbonyl (C=O) groups is 1. The van der Waals surface area contributed by atoms with Crippen molar-refractivity contribution in [3.05, 3.63) is 0 Å². The average Bonchev–Trinajstić information content (AvgIpc) is 1.90. The van der Waals surface area contributed by atoms with Gasteiger partial charge in [-0.15, -0.1) is 23.5 Å². The highest BCUT2D eigenvalue weighted by atomic mass is 32.2. The third-order valence-electron chi connectivity index (χ3n) is 0.931. The van der Waals surface area contributed by atoms with Crippen molar-refractivity contribution in [2.24, 2.45) is 0 Å². The minimum atomic E-state index is -0.810. The first kappa shape index (κ1) is 7.08. The van der Waals surface area contributed by atoms with Gasteiger partial charge in [0.15, 0.2) is 0 Å². The molecule has 1 aliphatic rings. The van der Waals surface area contributed by atoms with Gasteiger partial charge >= 0.3 is 6.09 Å². The smallest absolute Gasteiger partial charge is 0.408 e. The predicted octanol–water partition coefficient (Wildman–Crippen LogP) is 1.32. The predicted molar refractivity (Wildman–Crippen MR) is 39.6 cm³/mol. The standard InChI is InChI=1S/C4H7NO2S2/c6-4(7)5-1-8-3-9-2-5/h1-3H2,(H,6,7). The molecule has 1 N–H and O–H groups in total. The van der Waals surface area contributed by atoms with E-state index in [0.29, 0.717) is 11.8 Å². The molecule has 0 aromatic rings. The molecule has 0 unspecified atom stereocenters. The first-order valence-corrected chi connectivity index (χ1v) is 4.75. The van der Waals surface area contributed by atoms with Gasteiger partial charge in [0.05, 0.1) is 11.8 Å². The summed E-state index contributed by atoms with van der Waals surface area (Å²) < 4.78 is 0. The zero-order chi connectivity index (χ0) is 6.69. The first-order valence-electron chi connectivity index (χ1n) is 2.44. The van der Waals surface area contributed by atoms with E-state index in [9.17, 15) is 4.79 Å². The van der Waals surface area contributed by atoms with Crippen LogP contribution in [-0.4, -0.2) is 32.9 Å². The van der Waals surface area contributed by atoms with Gasteiger partial charge in [0.2, 0.25) is 0 Å². The van der Waals surface area contributed by atoms with Gasteiger partial charge in [0.1, 0.15) is 0 Å². The van der Waals surface area contributed by atoms with Crippen molar-refractivity contribution >= 4 is 29.6 Å². The second kappa shape index (κ2) is 3.22. The highest BCUT2D eigenvalue weighted by Gasteiger charge is 2.14. The number of nitrogens with zero attached hydrogens (tertiary/aromatic N) is 1. The molecule has 1 fully saturated rings. The summed E-state index contributed by atoms with van der Waals surface area (Å²) in [6, 6.07) is 0. The van der Waals surface area contributed by atoms with Crippen LogP contribution < -0.4 is 0 Å². The van der Waals surface area contributed by atoms with Crippen LogP contribution in [0.3, 0.4) is 0 Å². The van der Waals surface area contributed by atoms with E-state index in [2.05, 4.69) is 0 Å². The van der Waals surface area contributed by atoms with Gasteiger partial charge < -0.3 is 5.11 Å². The van der Waals surface area contributed by atoms with Gasteiger partial charge in [-0.3, -0.25) is 4.90 Å². The summed E-state index contributed by atoms with van der Waals surface area (Å²) in [4.78, 5) is 11.7. The van der Waals surface area contributed by atoms with Crippen LogP contribution in [0, 0.1) is 0 Å². The molecule has 5 heteroatoms. The van der Waals surface area contributed by atoms with Crippen LogP contribution in [0.4, 0.5) is 4.79 Å². The Morgan fingerprint density at radius 2 is 2.00 bits per heavy atom. The first-order chi connectivity index (χ1) is 4.30. The fourth-order valence-electron chi connectivity index (χ4n) is 0.502. The molecule has 0 radical (unpaired) electrons. The molecule has 1 aliphatic heterocycles. The lowest BCUT2D eigenvalue weighted by atomic mass is 10.9. The fraction of sp³-hybridized carbons (Fsp3) is 0.750. The summed E-state index contributed by atoms with van der Waals surface area (Å²) in [6.45, 7) is 0. The number of thioether (sulfide) groups is 2. The van der Waals surface area contributed by atoms with Crippen LogP contribution in [0.25, 0.3) is 0 Å². The van der Waals surface area contributed by atoms with E-state index in [0.717, 1.165) is 5.08 Å². The van der Waals surface area contributed by atoms with Crippen LogP contribution in [-0.2, 0) is 0 Å². The maximum Gasteiger partial charge on any atom is 0.408 e. The largest absolute Gasteiger partial charge is 0.465 e. The number of hydrogen-bond donors (Lipinski definition) is 1. The van der Waals surface area contributed by atoms with Crippen molar-refractivity contribution in [3.63, 3.8) is 0 Å². The second-order valence-electron chi connectivity index (χ2n) is 1.61. The highest BCUT2D eigenvalue weighted by molar-refractivity contribution is 8.16. The van der Waals surface area contributed by atoms with Gasteiger partial charge in [-0.05, 0) is 0 Å². The molecule has 1 saturated heterocycles. The Bertz CT molecular complexity index is 113. The number of rotatable bonds is 0. The lowest BCUT2D eigenvalue weighted by Crippen LogP contribution is -2.30. The molecule has 1 amide bonds. The summed E-state index contributed by atoms with van der Waals surface area (Å²) in [5.41, 5.74) is 0. The Kier molecular flexibility index (Phi) is 2.53. The van der Waals surface area contributed by atoms with E-state index in [1.165, 1.54) is 4.90 Å². The Morgan fingerprint density at radius 3 is 2.33 bits per heavy atom. The summed E-state index contributed by atoms with van der Waals surface area (Å²) in [5, 5.41) is 9.46. The Balaban J connectivity index is 2.31. The molecule has 0 spiro atoms. The molecule has 0 bridgehead atoms. The van der Waals surface area contributed by atoms with Gasteiger partial charge in [-0.25, -0.2) is 4.79 Å². The van der Waals surface area contributed by atoms with Crippen molar-refractivity contribution in [3.8, 4) is 0 Å². The Morgan fingerprint density at radius 1 is 1.44 bits per heavy atom. The van der Waals surface area contributed by atoms with Crippen LogP contribution in [0.2, 0.25) is 0 Å². The third-order valence-corrected chi connectivity index (χ3v) is 3.25. The van der Waals surface area contributed by atoms with E-state index in [-0.39, 0.29) is 0 Å². The molecule has 0 aliphatic carbocycles.